The van der Waals surface area contributed by atoms with E-state index in [1.807, 2.05) is 37.4 Å². The smallest absolute Gasteiger partial charge is 0.475 e. The number of alkyl halides is 3. The Hall–Kier alpha value is -2.98. The maximum atomic E-state index is 14.2. The van der Waals surface area contributed by atoms with Gasteiger partial charge >= 0.3 is 12.1 Å². The molecule has 4 N–H and O–H groups in total. The molecule has 0 unspecified atom stereocenters. The van der Waals surface area contributed by atoms with Crippen LogP contribution in [0.25, 0.3) is 11.1 Å². The van der Waals surface area contributed by atoms with Gasteiger partial charge in [-0.25, -0.2) is 9.18 Å². The third kappa shape index (κ3) is 8.47. The van der Waals surface area contributed by atoms with Crippen LogP contribution in [0.4, 0.5) is 23.2 Å². The first-order valence-corrected chi connectivity index (χ1v) is 10.4. The van der Waals surface area contributed by atoms with Crippen molar-refractivity contribution >= 4 is 18.1 Å². The largest absolute Gasteiger partial charge is 0.490 e. The molecule has 0 heterocycles. The van der Waals surface area contributed by atoms with E-state index in [4.69, 9.17) is 9.90 Å². The SMILES string of the molecule is CNC1CCC(NCc2cc(-c3ccc(NC=O)cc3)ccc2F)CC1.O=C(O)C(F)(F)F. The number of aliphatic carboxylic acids is 1. The van der Waals surface area contributed by atoms with Crippen molar-refractivity contribution in [2.24, 2.45) is 0 Å². The van der Waals surface area contributed by atoms with Crippen LogP contribution in [0.3, 0.4) is 0 Å². The van der Waals surface area contributed by atoms with Crippen LogP contribution in [0.5, 0.6) is 0 Å². The van der Waals surface area contributed by atoms with E-state index in [0.29, 0.717) is 30.6 Å². The second-order valence-corrected chi connectivity index (χ2v) is 7.67. The minimum Gasteiger partial charge on any atom is -0.475 e. The van der Waals surface area contributed by atoms with Gasteiger partial charge in [-0.1, -0.05) is 18.2 Å². The first-order valence-electron chi connectivity index (χ1n) is 10.4. The van der Waals surface area contributed by atoms with Gasteiger partial charge in [-0.15, -0.1) is 0 Å². The lowest BCUT2D eigenvalue weighted by Gasteiger charge is -2.29. The Balaban J connectivity index is 0.000000479. The minimum atomic E-state index is -5.08. The maximum Gasteiger partial charge on any atom is 0.490 e. The lowest BCUT2D eigenvalue weighted by Crippen LogP contribution is -2.38. The van der Waals surface area contributed by atoms with Gasteiger partial charge in [-0.3, -0.25) is 4.79 Å². The van der Waals surface area contributed by atoms with Crippen molar-refractivity contribution in [1.29, 1.82) is 0 Å². The highest BCUT2D eigenvalue weighted by molar-refractivity contribution is 5.74. The molecule has 0 atom stereocenters. The summed E-state index contributed by atoms with van der Waals surface area (Å²) in [7, 11) is 2.01. The summed E-state index contributed by atoms with van der Waals surface area (Å²) in [6, 6.07) is 13.8. The van der Waals surface area contributed by atoms with Gasteiger partial charge in [0.15, 0.2) is 0 Å². The number of amides is 1. The average molecular weight is 469 g/mol. The zero-order valence-corrected chi connectivity index (χ0v) is 18.1. The highest BCUT2D eigenvalue weighted by atomic mass is 19.4. The molecule has 0 spiro atoms. The van der Waals surface area contributed by atoms with Crippen LogP contribution < -0.4 is 16.0 Å². The van der Waals surface area contributed by atoms with Crippen molar-refractivity contribution in [1.82, 2.24) is 10.6 Å². The van der Waals surface area contributed by atoms with Gasteiger partial charge in [-0.2, -0.15) is 13.2 Å². The highest BCUT2D eigenvalue weighted by Gasteiger charge is 2.38. The van der Waals surface area contributed by atoms with Gasteiger partial charge in [0.2, 0.25) is 6.41 Å². The molecule has 1 fully saturated rings. The van der Waals surface area contributed by atoms with Crippen molar-refractivity contribution in [2.75, 3.05) is 12.4 Å². The van der Waals surface area contributed by atoms with Crippen LogP contribution in [0.2, 0.25) is 0 Å². The van der Waals surface area contributed by atoms with Crippen LogP contribution >= 0.6 is 0 Å². The van der Waals surface area contributed by atoms with Crippen molar-refractivity contribution in [3.8, 4) is 11.1 Å². The predicted molar refractivity (Wildman–Crippen MR) is 117 cm³/mol. The lowest BCUT2D eigenvalue weighted by atomic mass is 9.91. The Bertz CT molecular complexity index is 912. The van der Waals surface area contributed by atoms with Gasteiger partial charge in [0.25, 0.3) is 0 Å². The average Bonchev–Trinajstić information content (AvgIpc) is 2.79. The predicted octanol–water partition coefficient (Wildman–Crippen LogP) is 4.31. The number of carboxylic acid groups (broad SMARTS) is 1. The van der Waals surface area contributed by atoms with E-state index in [2.05, 4.69) is 16.0 Å². The number of benzene rings is 2. The van der Waals surface area contributed by atoms with Crippen LogP contribution in [0.15, 0.2) is 42.5 Å². The molecule has 10 heteroatoms. The molecule has 180 valence electrons. The second-order valence-electron chi connectivity index (χ2n) is 7.67. The second kappa shape index (κ2) is 12.3. The zero-order valence-electron chi connectivity index (χ0n) is 18.1. The van der Waals surface area contributed by atoms with Gasteiger partial charge in [0.1, 0.15) is 5.82 Å². The van der Waals surface area contributed by atoms with Gasteiger partial charge in [0.05, 0.1) is 0 Å². The quantitative estimate of drug-likeness (QED) is 0.358. The summed E-state index contributed by atoms with van der Waals surface area (Å²) < 4.78 is 46.0. The number of nitrogens with one attached hydrogen (secondary N) is 3. The highest BCUT2D eigenvalue weighted by Crippen LogP contribution is 2.25. The van der Waals surface area contributed by atoms with Crippen molar-refractivity contribution in [2.45, 2.75) is 50.5 Å². The van der Waals surface area contributed by atoms with Gasteiger partial charge in [-0.05, 0) is 68.1 Å². The Labute approximate surface area is 189 Å². The minimum absolute atomic E-state index is 0.176. The van der Waals surface area contributed by atoms with E-state index >= 15 is 0 Å². The summed E-state index contributed by atoms with van der Waals surface area (Å²) in [6.45, 7) is 0.541. The van der Waals surface area contributed by atoms with Crippen molar-refractivity contribution in [3.63, 3.8) is 0 Å². The molecule has 3 rings (SSSR count). The molecule has 2 aromatic rings. The molecule has 33 heavy (non-hydrogen) atoms. The molecule has 0 aromatic heterocycles. The lowest BCUT2D eigenvalue weighted by molar-refractivity contribution is -0.192. The molecule has 0 saturated heterocycles. The molecule has 1 amide bonds. The van der Waals surface area contributed by atoms with Crippen molar-refractivity contribution in [3.05, 3.63) is 53.8 Å². The molecule has 0 aliphatic heterocycles. The molecule has 1 saturated carbocycles. The fourth-order valence-corrected chi connectivity index (χ4v) is 3.56. The monoisotopic (exact) mass is 469 g/mol. The standard InChI is InChI=1S/C21H26FN3O.C2HF3O2/c1-23-18-7-9-19(10-8-18)24-13-17-12-16(4-11-21(17)22)15-2-5-20(6-3-15)25-14-26;3-2(4,5)1(6)7/h2-6,11-12,14,18-19,23-24H,7-10,13H2,1H3,(H,25,26);(H,6,7). The number of anilines is 1. The topological polar surface area (TPSA) is 90.5 Å². The van der Waals surface area contributed by atoms with E-state index in [1.165, 1.54) is 6.07 Å². The van der Waals surface area contributed by atoms with Gasteiger partial charge < -0.3 is 21.1 Å². The summed E-state index contributed by atoms with van der Waals surface area (Å²) in [6.07, 6.45) is 0.145. The van der Waals surface area contributed by atoms with Crippen LogP contribution in [-0.2, 0) is 16.1 Å². The van der Waals surface area contributed by atoms with E-state index in [0.717, 1.165) is 42.5 Å². The number of hydrogen-bond acceptors (Lipinski definition) is 4. The maximum absolute atomic E-state index is 14.2. The van der Waals surface area contributed by atoms with Crippen LogP contribution in [0, 0.1) is 5.82 Å². The van der Waals surface area contributed by atoms with Gasteiger partial charge in [0, 0.05) is 29.9 Å². The third-order valence-electron chi connectivity index (χ3n) is 5.45. The number of hydrogen-bond donors (Lipinski definition) is 4. The van der Waals surface area contributed by atoms with E-state index < -0.39 is 12.1 Å². The number of carbonyl (C=O) groups is 2. The van der Waals surface area contributed by atoms with Crippen LogP contribution in [0.1, 0.15) is 31.2 Å². The number of carbonyl (C=O) groups excluding carboxylic acids is 1. The summed E-state index contributed by atoms with van der Waals surface area (Å²) in [4.78, 5) is 19.4. The number of halogens is 4. The normalized spacial score (nSPS) is 18.1. The Morgan fingerprint density at radius 2 is 1.58 bits per heavy atom. The fourth-order valence-electron chi connectivity index (χ4n) is 3.56. The molecular weight excluding hydrogens is 442 g/mol. The summed E-state index contributed by atoms with van der Waals surface area (Å²) in [5.41, 5.74) is 3.40. The fraction of sp³-hybridized carbons (Fsp3) is 0.391. The Morgan fingerprint density at radius 1 is 1.03 bits per heavy atom. The molecule has 0 bridgehead atoms. The first-order chi connectivity index (χ1) is 15.6. The van der Waals surface area contributed by atoms with E-state index in [1.54, 1.807) is 6.07 Å². The third-order valence-corrected chi connectivity index (χ3v) is 5.45. The number of carboxylic acids is 1. The molecule has 6 nitrogen and oxygen atoms in total. The van der Waals surface area contributed by atoms with Crippen LogP contribution in [-0.4, -0.2) is 42.8 Å². The molecular formula is C23H27F4N3O3. The zero-order chi connectivity index (χ0) is 24.4. The molecule has 1 aliphatic carbocycles. The molecule has 0 radical (unpaired) electrons. The Kier molecular flexibility index (Phi) is 9.80. The molecule has 1 aliphatic rings. The van der Waals surface area contributed by atoms with Crippen molar-refractivity contribution < 1.29 is 32.3 Å². The van der Waals surface area contributed by atoms with E-state index in [-0.39, 0.29) is 5.82 Å². The summed E-state index contributed by atoms with van der Waals surface area (Å²) in [5.74, 6) is -2.93. The van der Waals surface area contributed by atoms with E-state index in [9.17, 15) is 22.4 Å². The summed E-state index contributed by atoms with van der Waals surface area (Å²) in [5, 5.41) is 16.6. The molecule has 2 aromatic carbocycles. The first kappa shape index (κ1) is 26.3. The number of rotatable bonds is 7. The summed E-state index contributed by atoms with van der Waals surface area (Å²) >= 11 is 0. The Morgan fingerprint density at radius 3 is 2.09 bits per heavy atom.